The second kappa shape index (κ2) is 6.98. The van der Waals surface area contributed by atoms with Gasteiger partial charge < -0.3 is 4.74 Å². The number of benzene rings is 1. The molecule has 0 saturated heterocycles. The van der Waals surface area contributed by atoms with Gasteiger partial charge in [-0.05, 0) is 12.5 Å². The molecule has 0 aliphatic carbocycles. The highest BCUT2D eigenvalue weighted by Crippen LogP contribution is 2.04. The topological polar surface area (TPSA) is 47.6 Å². The molecule has 4 nitrogen and oxygen atoms in total. The lowest BCUT2D eigenvalue weighted by Crippen LogP contribution is -2.19. The molecule has 0 aromatic heterocycles. The zero-order chi connectivity index (χ0) is 11.8. The van der Waals surface area contributed by atoms with Gasteiger partial charge in [0.25, 0.3) is 0 Å². The smallest absolute Gasteiger partial charge is 0.306 e. The van der Waals surface area contributed by atoms with Crippen LogP contribution in [-0.4, -0.2) is 19.6 Å². The maximum atomic E-state index is 10.8. The number of carbonyl (C=O) groups is 1. The number of ether oxygens (including phenoxy) is 1. The third-order valence-electron chi connectivity index (χ3n) is 2.08. The van der Waals surface area contributed by atoms with Crippen LogP contribution in [0.2, 0.25) is 0 Å². The average molecular weight is 223 g/mol. The molecule has 0 saturated carbocycles. The van der Waals surface area contributed by atoms with Gasteiger partial charge in [-0.25, -0.2) is 5.48 Å². The van der Waals surface area contributed by atoms with Crippen molar-refractivity contribution < 1.29 is 14.4 Å². The molecule has 0 heterocycles. The van der Waals surface area contributed by atoms with E-state index in [0.29, 0.717) is 19.6 Å². The minimum Gasteiger partial charge on any atom is -0.469 e. The van der Waals surface area contributed by atoms with E-state index in [0.717, 1.165) is 5.56 Å². The zero-order valence-electron chi connectivity index (χ0n) is 9.66. The molecule has 0 aliphatic rings. The van der Waals surface area contributed by atoms with Crippen molar-refractivity contribution in [2.45, 2.75) is 20.0 Å². The van der Waals surface area contributed by atoms with E-state index in [-0.39, 0.29) is 5.97 Å². The van der Waals surface area contributed by atoms with E-state index in [1.165, 1.54) is 12.7 Å². The molecule has 0 radical (unpaired) electrons. The van der Waals surface area contributed by atoms with E-state index in [2.05, 4.69) is 16.3 Å². The fraction of sp³-hybridized carbons (Fsp3) is 0.417. The second-order valence-corrected chi connectivity index (χ2v) is 3.50. The number of rotatable bonds is 6. The molecule has 1 aromatic rings. The molecular formula is C12H17NO3. The number of methoxy groups -OCH3 is 1. The lowest BCUT2D eigenvalue weighted by Gasteiger charge is -2.05. The van der Waals surface area contributed by atoms with Gasteiger partial charge in [0.05, 0.1) is 20.1 Å². The highest BCUT2D eigenvalue weighted by molar-refractivity contribution is 5.69. The van der Waals surface area contributed by atoms with Crippen LogP contribution in [-0.2, 0) is 21.0 Å². The van der Waals surface area contributed by atoms with Gasteiger partial charge in [-0.15, -0.1) is 0 Å². The fourth-order valence-electron chi connectivity index (χ4n) is 1.26. The summed E-state index contributed by atoms with van der Waals surface area (Å²) in [7, 11) is 1.37. The summed E-state index contributed by atoms with van der Waals surface area (Å²) in [6.45, 7) is 2.98. The molecule has 88 valence electrons. The third-order valence-corrected chi connectivity index (χ3v) is 2.08. The summed E-state index contributed by atoms with van der Waals surface area (Å²) in [5.41, 5.74) is 5.02. The molecule has 16 heavy (non-hydrogen) atoms. The van der Waals surface area contributed by atoms with E-state index < -0.39 is 0 Å². The fourth-order valence-corrected chi connectivity index (χ4v) is 1.26. The van der Waals surface area contributed by atoms with Crippen molar-refractivity contribution in [3.8, 4) is 0 Å². The minimum absolute atomic E-state index is 0.244. The van der Waals surface area contributed by atoms with E-state index in [1.54, 1.807) is 0 Å². The molecule has 0 fully saturated rings. The number of esters is 1. The molecule has 1 aromatic carbocycles. The molecule has 0 spiro atoms. The quantitative estimate of drug-likeness (QED) is 0.452. The maximum absolute atomic E-state index is 10.8. The van der Waals surface area contributed by atoms with Gasteiger partial charge in [0.15, 0.2) is 0 Å². The number of hydrogen-bond acceptors (Lipinski definition) is 4. The summed E-state index contributed by atoms with van der Waals surface area (Å²) >= 11 is 0. The van der Waals surface area contributed by atoms with Crippen molar-refractivity contribution >= 4 is 5.97 Å². The Morgan fingerprint density at radius 2 is 2.25 bits per heavy atom. The number of carbonyl (C=O) groups excluding carboxylic acids is 1. The highest BCUT2D eigenvalue weighted by Gasteiger charge is 1.98. The van der Waals surface area contributed by atoms with E-state index >= 15 is 0 Å². The van der Waals surface area contributed by atoms with E-state index in [4.69, 9.17) is 4.84 Å². The Bertz CT molecular complexity index is 339. The van der Waals surface area contributed by atoms with Crippen molar-refractivity contribution in [3.63, 3.8) is 0 Å². The standard InChI is InChI=1S/C12H17NO3/c1-10-4-3-5-11(8-10)9-16-13-7-6-12(14)15-2/h3-5,8,13H,6-7,9H2,1-2H3. The van der Waals surface area contributed by atoms with Crippen LogP contribution in [0.5, 0.6) is 0 Å². The first-order valence-electron chi connectivity index (χ1n) is 5.19. The largest absolute Gasteiger partial charge is 0.469 e. The van der Waals surface area contributed by atoms with Gasteiger partial charge in [-0.1, -0.05) is 29.8 Å². The number of hydroxylamine groups is 1. The molecule has 0 bridgehead atoms. The van der Waals surface area contributed by atoms with Crippen molar-refractivity contribution in [2.75, 3.05) is 13.7 Å². The van der Waals surface area contributed by atoms with Gasteiger partial charge in [0.2, 0.25) is 0 Å². The van der Waals surface area contributed by atoms with Crippen molar-refractivity contribution in [1.82, 2.24) is 5.48 Å². The van der Waals surface area contributed by atoms with Gasteiger partial charge in [-0.3, -0.25) is 9.63 Å². The summed E-state index contributed by atoms with van der Waals surface area (Å²) in [5, 5.41) is 0. The Morgan fingerprint density at radius 1 is 1.44 bits per heavy atom. The molecule has 4 heteroatoms. The molecular weight excluding hydrogens is 206 g/mol. The average Bonchev–Trinajstić information content (AvgIpc) is 2.28. The normalized spacial score (nSPS) is 10.1. The van der Waals surface area contributed by atoms with Gasteiger partial charge in [0, 0.05) is 6.54 Å². The first-order chi connectivity index (χ1) is 7.72. The van der Waals surface area contributed by atoms with Crippen LogP contribution < -0.4 is 5.48 Å². The summed E-state index contributed by atoms with van der Waals surface area (Å²) < 4.78 is 4.50. The van der Waals surface area contributed by atoms with E-state index in [1.807, 2.05) is 25.1 Å². The predicted octanol–water partition coefficient (Wildman–Crippen LogP) is 1.58. The Labute approximate surface area is 95.5 Å². The number of aryl methyl sites for hydroxylation is 1. The Morgan fingerprint density at radius 3 is 2.94 bits per heavy atom. The minimum atomic E-state index is -0.244. The molecule has 0 atom stereocenters. The number of nitrogens with one attached hydrogen (secondary N) is 1. The van der Waals surface area contributed by atoms with Gasteiger partial charge in [-0.2, -0.15) is 0 Å². The molecule has 0 unspecified atom stereocenters. The summed E-state index contributed by atoms with van der Waals surface area (Å²) in [6, 6.07) is 8.08. The predicted molar refractivity (Wildman–Crippen MR) is 60.6 cm³/mol. The van der Waals surface area contributed by atoms with Gasteiger partial charge >= 0.3 is 5.97 Å². The summed E-state index contributed by atoms with van der Waals surface area (Å²) in [4.78, 5) is 16.0. The van der Waals surface area contributed by atoms with Crippen LogP contribution in [0.3, 0.4) is 0 Å². The van der Waals surface area contributed by atoms with Crippen LogP contribution in [0, 0.1) is 6.92 Å². The third kappa shape index (κ3) is 4.91. The number of hydrogen-bond donors (Lipinski definition) is 1. The lowest BCUT2D eigenvalue weighted by atomic mass is 10.1. The zero-order valence-corrected chi connectivity index (χ0v) is 9.66. The molecule has 1 rings (SSSR count). The van der Waals surface area contributed by atoms with Crippen LogP contribution in [0.25, 0.3) is 0 Å². The Hall–Kier alpha value is -1.39. The van der Waals surface area contributed by atoms with Crippen molar-refractivity contribution in [3.05, 3.63) is 35.4 Å². The van der Waals surface area contributed by atoms with Gasteiger partial charge in [0.1, 0.15) is 0 Å². The highest BCUT2D eigenvalue weighted by atomic mass is 16.6. The van der Waals surface area contributed by atoms with Crippen LogP contribution in [0.4, 0.5) is 0 Å². The first-order valence-corrected chi connectivity index (χ1v) is 5.19. The van der Waals surface area contributed by atoms with Crippen LogP contribution >= 0.6 is 0 Å². The molecule has 1 N–H and O–H groups in total. The Balaban J connectivity index is 2.14. The molecule has 0 amide bonds. The second-order valence-electron chi connectivity index (χ2n) is 3.50. The first kappa shape index (κ1) is 12.7. The SMILES string of the molecule is COC(=O)CCNOCc1cccc(C)c1. The Kier molecular flexibility index (Phi) is 5.53. The van der Waals surface area contributed by atoms with Crippen LogP contribution in [0.1, 0.15) is 17.5 Å². The van der Waals surface area contributed by atoms with Crippen molar-refractivity contribution in [2.24, 2.45) is 0 Å². The summed E-state index contributed by atoms with van der Waals surface area (Å²) in [6.07, 6.45) is 0.310. The van der Waals surface area contributed by atoms with Crippen LogP contribution in [0.15, 0.2) is 24.3 Å². The summed E-state index contributed by atoms with van der Waals surface area (Å²) in [5.74, 6) is -0.244. The maximum Gasteiger partial charge on any atom is 0.306 e. The lowest BCUT2D eigenvalue weighted by molar-refractivity contribution is -0.141. The monoisotopic (exact) mass is 223 g/mol. The van der Waals surface area contributed by atoms with Crippen molar-refractivity contribution in [1.29, 1.82) is 0 Å². The molecule has 0 aliphatic heterocycles. The van der Waals surface area contributed by atoms with E-state index in [9.17, 15) is 4.79 Å².